The average Bonchev–Trinajstić information content (AvgIpc) is 3.56. The van der Waals surface area contributed by atoms with Crippen LogP contribution in [0.15, 0.2) is 36.7 Å². The number of rotatable bonds is 3. The number of amides is 1. The Kier molecular flexibility index (Phi) is 4.35. The van der Waals surface area contributed by atoms with Crippen LogP contribution in [-0.2, 0) is 10.4 Å². The molecule has 3 aromatic rings. The monoisotopic (exact) mass is 484 g/mol. The minimum absolute atomic E-state index is 0.0313. The summed E-state index contributed by atoms with van der Waals surface area (Å²) in [5, 5.41) is 3.29. The maximum Gasteiger partial charge on any atom is 0.237 e. The highest BCUT2D eigenvalue weighted by Crippen LogP contribution is 2.53. The van der Waals surface area contributed by atoms with Crippen molar-refractivity contribution in [3.8, 4) is 22.8 Å². The third-order valence-corrected chi connectivity index (χ3v) is 7.76. The predicted octanol–water partition coefficient (Wildman–Crippen LogP) is 4.40. The molecule has 9 heteroatoms. The molecular weight excluding hydrogens is 456 g/mol. The van der Waals surface area contributed by atoms with Crippen LogP contribution in [0.1, 0.15) is 45.2 Å². The Hall–Kier alpha value is -3.88. The molecule has 1 aromatic carbocycles. The summed E-state index contributed by atoms with van der Waals surface area (Å²) in [6.07, 6.45) is 7.31. The molecule has 9 nitrogen and oxygen atoms in total. The van der Waals surface area contributed by atoms with Gasteiger partial charge in [-0.15, -0.1) is 0 Å². The summed E-state index contributed by atoms with van der Waals surface area (Å²) in [5.74, 6) is 2.07. The lowest BCUT2D eigenvalue weighted by molar-refractivity contribution is -0.117. The zero-order valence-electron chi connectivity index (χ0n) is 20.7. The molecule has 1 N–H and O–H groups in total. The van der Waals surface area contributed by atoms with Crippen molar-refractivity contribution in [3.63, 3.8) is 0 Å². The molecule has 1 saturated heterocycles. The van der Waals surface area contributed by atoms with Crippen LogP contribution in [0.5, 0.6) is 11.6 Å². The lowest BCUT2D eigenvalue weighted by atomic mass is 9.91. The SMILES string of the molecule is CN1CCOc2ncc(Nc3ncc4c(n3)C(C)(C)Oc3cc(N5C(=O)CCC56CC6)ccc3-4)cc21. The highest BCUT2D eigenvalue weighted by atomic mass is 16.5. The van der Waals surface area contributed by atoms with Crippen LogP contribution in [0.25, 0.3) is 11.1 Å². The van der Waals surface area contributed by atoms with Gasteiger partial charge in [-0.05, 0) is 51.3 Å². The number of hydrogen-bond donors (Lipinski definition) is 1. The van der Waals surface area contributed by atoms with Crippen LogP contribution >= 0.6 is 0 Å². The molecule has 1 amide bonds. The zero-order valence-corrected chi connectivity index (χ0v) is 20.7. The number of fused-ring (bicyclic) bond motifs is 4. The number of carbonyl (C=O) groups excluding carboxylic acids is 1. The maximum absolute atomic E-state index is 12.7. The van der Waals surface area contributed by atoms with Crippen molar-refractivity contribution >= 4 is 28.9 Å². The first-order valence-electron chi connectivity index (χ1n) is 12.5. The fourth-order valence-corrected chi connectivity index (χ4v) is 5.66. The number of likely N-dealkylation sites (N-methyl/N-ethyl adjacent to an activating group) is 1. The minimum atomic E-state index is -0.672. The normalized spacial score (nSPS) is 20.2. The smallest absolute Gasteiger partial charge is 0.237 e. The van der Waals surface area contributed by atoms with Gasteiger partial charge in [0.25, 0.3) is 0 Å². The average molecular weight is 485 g/mol. The van der Waals surface area contributed by atoms with Crippen LogP contribution in [0.3, 0.4) is 0 Å². The summed E-state index contributed by atoms with van der Waals surface area (Å²) < 4.78 is 12.1. The second-order valence-electron chi connectivity index (χ2n) is 10.6. The summed E-state index contributed by atoms with van der Waals surface area (Å²) in [7, 11) is 2.02. The summed E-state index contributed by atoms with van der Waals surface area (Å²) in [6.45, 7) is 5.46. The first-order valence-corrected chi connectivity index (χ1v) is 12.5. The number of hydrogen-bond acceptors (Lipinski definition) is 8. The molecule has 0 radical (unpaired) electrons. The summed E-state index contributed by atoms with van der Waals surface area (Å²) >= 11 is 0. The van der Waals surface area contributed by atoms with Crippen molar-refractivity contribution in [2.45, 2.75) is 50.7 Å². The van der Waals surface area contributed by atoms with Gasteiger partial charge in [0.15, 0.2) is 0 Å². The van der Waals surface area contributed by atoms with Crippen LogP contribution in [0, 0.1) is 0 Å². The second-order valence-corrected chi connectivity index (χ2v) is 10.6. The molecule has 2 aromatic heterocycles. The van der Waals surface area contributed by atoms with Gasteiger partial charge in [-0.3, -0.25) is 4.79 Å². The molecule has 0 unspecified atom stereocenters. The number of carbonyl (C=O) groups is 1. The van der Waals surface area contributed by atoms with E-state index < -0.39 is 5.60 Å². The van der Waals surface area contributed by atoms with E-state index in [9.17, 15) is 4.79 Å². The van der Waals surface area contributed by atoms with Crippen molar-refractivity contribution < 1.29 is 14.3 Å². The molecule has 5 heterocycles. The number of ether oxygens (including phenoxy) is 2. The molecule has 4 aliphatic rings. The maximum atomic E-state index is 12.7. The molecule has 36 heavy (non-hydrogen) atoms. The van der Waals surface area contributed by atoms with Gasteiger partial charge in [0.1, 0.15) is 23.6 Å². The number of aromatic nitrogens is 3. The topological polar surface area (TPSA) is 92.7 Å². The third kappa shape index (κ3) is 3.22. The molecular formula is C27H28N6O3. The van der Waals surface area contributed by atoms with E-state index in [0.29, 0.717) is 24.9 Å². The lowest BCUT2D eigenvalue weighted by Gasteiger charge is -2.35. The van der Waals surface area contributed by atoms with E-state index in [4.69, 9.17) is 14.5 Å². The molecule has 1 saturated carbocycles. The lowest BCUT2D eigenvalue weighted by Crippen LogP contribution is -2.35. The third-order valence-electron chi connectivity index (χ3n) is 7.76. The van der Waals surface area contributed by atoms with Gasteiger partial charge in [-0.2, -0.15) is 0 Å². The number of nitrogens with zero attached hydrogens (tertiary/aromatic N) is 5. The Morgan fingerprint density at radius 1 is 1.06 bits per heavy atom. The van der Waals surface area contributed by atoms with Crippen molar-refractivity contribution in [1.82, 2.24) is 15.0 Å². The van der Waals surface area contributed by atoms with Gasteiger partial charge in [0.2, 0.25) is 17.7 Å². The highest BCUT2D eigenvalue weighted by Gasteiger charge is 2.54. The van der Waals surface area contributed by atoms with E-state index >= 15 is 0 Å². The van der Waals surface area contributed by atoms with Crippen LogP contribution in [0.2, 0.25) is 0 Å². The molecule has 7 rings (SSSR count). The minimum Gasteiger partial charge on any atom is -0.481 e. The van der Waals surface area contributed by atoms with E-state index in [2.05, 4.69) is 20.2 Å². The summed E-state index contributed by atoms with van der Waals surface area (Å²) in [4.78, 5) is 30.7. The Labute approximate surface area is 209 Å². The molecule has 184 valence electrons. The molecule has 1 aliphatic carbocycles. The molecule has 0 atom stereocenters. The van der Waals surface area contributed by atoms with E-state index in [1.165, 1.54) is 0 Å². The van der Waals surface area contributed by atoms with Gasteiger partial charge in [0.05, 0.1) is 24.1 Å². The van der Waals surface area contributed by atoms with Crippen LogP contribution in [-0.4, -0.2) is 46.6 Å². The van der Waals surface area contributed by atoms with E-state index in [1.807, 2.05) is 56.3 Å². The second kappa shape index (κ2) is 7.32. The number of nitrogens with one attached hydrogen (secondary N) is 1. The summed E-state index contributed by atoms with van der Waals surface area (Å²) in [6, 6.07) is 8.05. The van der Waals surface area contributed by atoms with Gasteiger partial charge >= 0.3 is 0 Å². The van der Waals surface area contributed by atoms with Crippen molar-refractivity contribution in [1.29, 1.82) is 0 Å². The predicted molar refractivity (Wildman–Crippen MR) is 136 cm³/mol. The van der Waals surface area contributed by atoms with Crippen LogP contribution in [0.4, 0.5) is 23.0 Å². The van der Waals surface area contributed by atoms with E-state index in [1.54, 1.807) is 6.20 Å². The standard InChI is InChI=1S/C27H28N6O3/c1-26(2)23-19(15-29-25(31-23)30-16-12-20-24(28-14-16)35-11-10-32(20)3)18-5-4-17(13-21(18)36-26)33-22(34)6-7-27(33)8-9-27/h4-5,12-15H,6-11H2,1-3H3,(H,29,30,31). The fraction of sp³-hybridized carbons (Fsp3) is 0.407. The zero-order chi connectivity index (χ0) is 24.7. The quantitative estimate of drug-likeness (QED) is 0.585. The molecule has 1 spiro atoms. The van der Waals surface area contributed by atoms with Gasteiger partial charge in [-0.25, -0.2) is 15.0 Å². The Morgan fingerprint density at radius 3 is 2.75 bits per heavy atom. The van der Waals surface area contributed by atoms with Gasteiger partial charge in [-0.1, -0.05) is 0 Å². The summed E-state index contributed by atoms with van der Waals surface area (Å²) in [5.41, 5.74) is 4.67. The largest absolute Gasteiger partial charge is 0.481 e. The Morgan fingerprint density at radius 2 is 1.92 bits per heavy atom. The van der Waals surface area contributed by atoms with E-state index in [-0.39, 0.29) is 11.4 Å². The van der Waals surface area contributed by atoms with Crippen molar-refractivity contribution in [2.75, 3.05) is 35.3 Å². The van der Waals surface area contributed by atoms with Gasteiger partial charge < -0.3 is 24.6 Å². The Bertz CT molecular complexity index is 1420. The van der Waals surface area contributed by atoms with Crippen molar-refractivity contribution in [3.05, 3.63) is 42.4 Å². The molecule has 0 bridgehead atoms. The van der Waals surface area contributed by atoms with Crippen LogP contribution < -0.4 is 24.6 Å². The number of anilines is 4. The van der Waals surface area contributed by atoms with E-state index in [0.717, 1.165) is 65.4 Å². The highest BCUT2D eigenvalue weighted by molar-refractivity contribution is 5.99. The fourth-order valence-electron chi connectivity index (χ4n) is 5.66. The Balaban J connectivity index is 1.22. The number of benzene rings is 1. The molecule has 3 aliphatic heterocycles. The first kappa shape index (κ1) is 21.4. The molecule has 2 fully saturated rings. The van der Waals surface area contributed by atoms with Gasteiger partial charge in [0, 0.05) is 48.1 Å². The van der Waals surface area contributed by atoms with Crippen molar-refractivity contribution in [2.24, 2.45) is 0 Å². The first-order chi connectivity index (χ1) is 17.3. The number of pyridine rings is 1.